The largest absolute Gasteiger partial charge is 0.573 e. The molecule has 0 spiro atoms. The van der Waals surface area contributed by atoms with Crippen LogP contribution in [0.25, 0.3) is 0 Å². The molecule has 14 heteroatoms. The van der Waals surface area contributed by atoms with Gasteiger partial charge in [0.2, 0.25) is 0 Å². The van der Waals surface area contributed by atoms with Gasteiger partial charge in [-0.05, 0) is 29.8 Å². The van der Waals surface area contributed by atoms with E-state index >= 15 is 0 Å². The number of rotatable bonds is 8. The summed E-state index contributed by atoms with van der Waals surface area (Å²) in [5.74, 6) is -1.24. The first kappa shape index (κ1) is 28.3. The van der Waals surface area contributed by atoms with Gasteiger partial charge in [-0.2, -0.15) is 0 Å². The van der Waals surface area contributed by atoms with E-state index in [0.717, 1.165) is 12.1 Å². The second-order valence-electron chi connectivity index (χ2n) is 7.60. The molecular formula is C22H21Cl2F3O9. The zero-order valence-corrected chi connectivity index (χ0v) is 20.0. The zero-order valence-electron chi connectivity index (χ0n) is 18.4. The maximum Gasteiger partial charge on any atom is 0.573 e. The lowest BCUT2D eigenvalue weighted by Crippen LogP contribution is -2.59. The summed E-state index contributed by atoms with van der Waals surface area (Å²) in [6, 6.07) is 7.41. The molecule has 0 aromatic heterocycles. The van der Waals surface area contributed by atoms with Crippen LogP contribution in [0.15, 0.2) is 36.4 Å². The Morgan fingerprint density at radius 3 is 2.19 bits per heavy atom. The van der Waals surface area contributed by atoms with Gasteiger partial charge < -0.3 is 39.0 Å². The molecule has 5 atom stereocenters. The van der Waals surface area contributed by atoms with Crippen molar-refractivity contribution < 1.29 is 57.0 Å². The number of hydrogen-bond donors (Lipinski definition) is 3. The summed E-state index contributed by atoms with van der Waals surface area (Å²) >= 11 is 12.4. The molecule has 1 heterocycles. The van der Waals surface area contributed by atoms with Crippen molar-refractivity contribution in [2.24, 2.45) is 0 Å². The van der Waals surface area contributed by atoms with Crippen LogP contribution in [0.3, 0.4) is 0 Å². The van der Waals surface area contributed by atoms with E-state index < -0.39 is 49.6 Å². The van der Waals surface area contributed by atoms with Gasteiger partial charge in [0.15, 0.2) is 12.0 Å². The number of aliphatic hydroxyl groups is 3. The standard InChI is InChI=1S/C22H21Cl2F3O9/c1-32-21-18(30)17(29)16(28)15(35-21)9-34-20(31)11-6-13(23)19(14(24)7-11)33-8-10-2-4-12(5-3-10)36-22(25,26)27/h2-7,15-18,21,28-30H,8-9H2,1H3/t15-,16-,17+,18-,21-/m1/s1. The minimum absolute atomic E-state index is 0.0246. The molecule has 198 valence electrons. The Labute approximate surface area is 212 Å². The lowest BCUT2D eigenvalue weighted by molar-refractivity contribution is -0.294. The topological polar surface area (TPSA) is 124 Å². The van der Waals surface area contributed by atoms with E-state index in [0.29, 0.717) is 5.56 Å². The van der Waals surface area contributed by atoms with Crippen LogP contribution in [-0.2, 0) is 20.8 Å². The fraction of sp³-hybridized carbons (Fsp3) is 0.409. The molecule has 2 aromatic rings. The van der Waals surface area contributed by atoms with Crippen molar-refractivity contribution in [1.82, 2.24) is 0 Å². The number of carbonyl (C=O) groups excluding carboxylic acids is 1. The maximum absolute atomic E-state index is 12.5. The predicted molar refractivity (Wildman–Crippen MR) is 118 cm³/mol. The summed E-state index contributed by atoms with van der Waals surface area (Å²) in [6.07, 6.45) is -11.8. The molecule has 1 aliphatic heterocycles. The van der Waals surface area contributed by atoms with Crippen LogP contribution < -0.4 is 9.47 Å². The number of carbonyl (C=O) groups is 1. The maximum atomic E-state index is 12.5. The minimum Gasteiger partial charge on any atom is -0.486 e. The number of benzene rings is 2. The smallest absolute Gasteiger partial charge is 0.486 e. The Kier molecular flexibility index (Phi) is 9.28. The van der Waals surface area contributed by atoms with E-state index in [2.05, 4.69) is 4.74 Å². The van der Waals surface area contributed by atoms with E-state index in [9.17, 15) is 33.3 Å². The number of aliphatic hydroxyl groups excluding tert-OH is 3. The Hall–Kier alpha value is -2.32. The van der Waals surface area contributed by atoms with Gasteiger partial charge in [-0.1, -0.05) is 35.3 Å². The van der Waals surface area contributed by atoms with Gasteiger partial charge in [-0.3, -0.25) is 0 Å². The number of hydrogen-bond acceptors (Lipinski definition) is 9. The summed E-state index contributed by atoms with van der Waals surface area (Å²) in [5.41, 5.74) is 0.438. The van der Waals surface area contributed by atoms with Crippen molar-refractivity contribution in [2.75, 3.05) is 13.7 Å². The molecular weight excluding hydrogens is 536 g/mol. The Bertz CT molecular complexity index is 1030. The van der Waals surface area contributed by atoms with E-state index in [4.69, 9.17) is 42.1 Å². The number of halogens is 5. The molecule has 0 radical (unpaired) electrons. The molecule has 0 amide bonds. The number of ether oxygens (including phenoxy) is 5. The monoisotopic (exact) mass is 556 g/mol. The molecule has 0 aliphatic carbocycles. The van der Waals surface area contributed by atoms with Crippen LogP contribution in [0.5, 0.6) is 11.5 Å². The van der Waals surface area contributed by atoms with Gasteiger partial charge in [-0.25, -0.2) is 4.79 Å². The molecule has 1 fully saturated rings. The first-order valence-electron chi connectivity index (χ1n) is 10.3. The molecule has 3 rings (SSSR count). The fourth-order valence-corrected chi connectivity index (χ4v) is 3.84. The van der Waals surface area contributed by atoms with E-state index in [-0.39, 0.29) is 33.7 Å². The van der Waals surface area contributed by atoms with Crippen molar-refractivity contribution in [3.05, 3.63) is 57.6 Å². The summed E-state index contributed by atoms with van der Waals surface area (Å²) < 4.78 is 61.4. The van der Waals surface area contributed by atoms with Gasteiger partial charge >= 0.3 is 12.3 Å². The van der Waals surface area contributed by atoms with Crippen molar-refractivity contribution >= 4 is 29.2 Å². The Morgan fingerprint density at radius 1 is 1.03 bits per heavy atom. The molecule has 0 saturated carbocycles. The van der Waals surface area contributed by atoms with Crippen LogP contribution in [0, 0.1) is 0 Å². The zero-order chi connectivity index (χ0) is 26.6. The third-order valence-electron chi connectivity index (χ3n) is 5.05. The lowest BCUT2D eigenvalue weighted by Gasteiger charge is -2.39. The van der Waals surface area contributed by atoms with Gasteiger partial charge in [-0.15, -0.1) is 13.2 Å². The molecule has 9 nitrogen and oxygen atoms in total. The molecule has 36 heavy (non-hydrogen) atoms. The Balaban J connectivity index is 1.60. The van der Waals surface area contributed by atoms with Crippen molar-refractivity contribution in [3.8, 4) is 11.5 Å². The highest BCUT2D eigenvalue weighted by Gasteiger charge is 2.44. The highest BCUT2D eigenvalue weighted by atomic mass is 35.5. The highest BCUT2D eigenvalue weighted by Crippen LogP contribution is 2.35. The summed E-state index contributed by atoms with van der Waals surface area (Å²) in [5, 5.41) is 29.6. The first-order valence-corrected chi connectivity index (χ1v) is 11.0. The average molecular weight is 557 g/mol. The van der Waals surface area contributed by atoms with Gasteiger partial charge in [0.1, 0.15) is 43.4 Å². The van der Waals surface area contributed by atoms with Crippen molar-refractivity contribution in [2.45, 2.75) is 43.7 Å². The number of alkyl halides is 3. The minimum atomic E-state index is -4.80. The predicted octanol–water partition coefficient (Wildman–Crippen LogP) is 3.08. The van der Waals surface area contributed by atoms with Gasteiger partial charge in [0, 0.05) is 7.11 Å². The molecule has 2 aromatic carbocycles. The quantitative estimate of drug-likeness (QED) is 0.421. The van der Waals surface area contributed by atoms with E-state index in [1.165, 1.54) is 31.4 Å². The summed E-state index contributed by atoms with van der Waals surface area (Å²) in [6.45, 7) is -0.577. The first-order chi connectivity index (χ1) is 16.9. The molecule has 3 N–H and O–H groups in total. The van der Waals surface area contributed by atoms with Crippen LogP contribution in [-0.4, -0.2) is 72.1 Å². The molecule has 1 saturated heterocycles. The summed E-state index contributed by atoms with van der Waals surface area (Å²) in [7, 11) is 1.23. The third-order valence-corrected chi connectivity index (χ3v) is 5.62. The third kappa shape index (κ3) is 7.13. The van der Waals surface area contributed by atoms with E-state index in [1.807, 2.05) is 0 Å². The van der Waals surface area contributed by atoms with Gasteiger partial charge in [0.05, 0.1) is 15.6 Å². The molecule has 1 aliphatic rings. The highest BCUT2D eigenvalue weighted by molar-refractivity contribution is 6.37. The summed E-state index contributed by atoms with van der Waals surface area (Å²) in [4.78, 5) is 12.5. The van der Waals surface area contributed by atoms with Crippen molar-refractivity contribution in [1.29, 1.82) is 0 Å². The number of esters is 1. The van der Waals surface area contributed by atoms with Crippen LogP contribution in [0.2, 0.25) is 10.0 Å². The van der Waals surface area contributed by atoms with Crippen molar-refractivity contribution in [3.63, 3.8) is 0 Å². The molecule has 0 unspecified atom stereocenters. The Morgan fingerprint density at radius 2 is 1.64 bits per heavy atom. The van der Waals surface area contributed by atoms with Crippen LogP contribution in [0.4, 0.5) is 13.2 Å². The second kappa shape index (κ2) is 11.8. The van der Waals surface area contributed by atoms with E-state index in [1.54, 1.807) is 0 Å². The average Bonchev–Trinajstić information content (AvgIpc) is 2.81. The van der Waals surface area contributed by atoms with Crippen LogP contribution in [0.1, 0.15) is 15.9 Å². The SMILES string of the molecule is CO[C@@H]1O[C@H](COC(=O)c2cc(Cl)c(OCc3ccc(OC(F)(F)F)cc3)c(Cl)c2)[C@@H](O)[C@H](O)[C@H]1O. The van der Waals surface area contributed by atoms with Crippen LogP contribution >= 0.6 is 23.2 Å². The normalized spacial score (nSPS) is 24.3. The number of methoxy groups -OCH3 is 1. The fourth-order valence-electron chi connectivity index (χ4n) is 3.25. The second-order valence-corrected chi connectivity index (χ2v) is 8.41. The molecule has 0 bridgehead atoms. The lowest BCUT2D eigenvalue weighted by atomic mass is 9.99. The van der Waals surface area contributed by atoms with Gasteiger partial charge in [0.25, 0.3) is 0 Å².